The fourth-order valence-electron chi connectivity index (χ4n) is 1.29. The van der Waals surface area contributed by atoms with E-state index in [1.807, 2.05) is 6.92 Å². The molecule has 0 aromatic rings. The molecule has 0 rings (SSSR count). The maximum Gasteiger partial charge on any atom is 0.323 e. The van der Waals surface area contributed by atoms with E-state index in [9.17, 15) is 9.59 Å². The van der Waals surface area contributed by atoms with Crippen molar-refractivity contribution in [1.29, 1.82) is 0 Å². The Kier molecular flexibility index (Phi) is 6.70. The van der Waals surface area contributed by atoms with Crippen molar-refractivity contribution in [3.05, 3.63) is 0 Å². The predicted octanol–water partition coefficient (Wildman–Crippen LogP) is 0.437. The van der Waals surface area contributed by atoms with Crippen molar-refractivity contribution in [1.82, 2.24) is 4.90 Å². The van der Waals surface area contributed by atoms with Crippen molar-refractivity contribution in [3.63, 3.8) is 0 Å². The van der Waals surface area contributed by atoms with E-state index in [1.165, 1.54) is 4.90 Å². The molecule has 5 nitrogen and oxygen atoms in total. The molecule has 0 saturated heterocycles. The van der Waals surface area contributed by atoms with Gasteiger partial charge in [0.05, 0.1) is 6.04 Å². The Bertz CT molecular complexity index is 219. The number of hydrogen-bond acceptors (Lipinski definition) is 3. The lowest BCUT2D eigenvalue weighted by atomic mass is 10.1. The van der Waals surface area contributed by atoms with Gasteiger partial charge in [-0.2, -0.15) is 0 Å². The van der Waals surface area contributed by atoms with Crippen LogP contribution in [-0.2, 0) is 9.59 Å². The molecule has 0 radical (unpaired) electrons. The summed E-state index contributed by atoms with van der Waals surface area (Å²) in [5.74, 6) is -1.28. The van der Waals surface area contributed by atoms with Gasteiger partial charge in [-0.3, -0.25) is 9.59 Å². The van der Waals surface area contributed by atoms with Crippen molar-refractivity contribution in [3.8, 4) is 0 Å². The summed E-state index contributed by atoms with van der Waals surface area (Å²) in [5, 5.41) is 8.59. The van der Waals surface area contributed by atoms with Gasteiger partial charge in [0.2, 0.25) is 5.91 Å². The lowest BCUT2D eigenvalue weighted by Crippen LogP contribution is -2.45. The molecule has 0 spiro atoms. The van der Waals surface area contributed by atoms with Gasteiger partial charge in [-0.05, 0) is 13.3 Å². The lowest BCUT2D eigenvalue weighted by Gasteiger charge is -2.22. The van der Waals surface area contributed by atoms with Crippen LogP contribution in [0.1, 0.15) is 33.1 Å². The van der Waals surface area contributed by atoms with Crippen LogP contribution in [0.15, 0.2) is 0 Å². The van der Waals surface area contributed by atoms with E-state index in [0.29, 0.717) is 13.0 Å². The van der Waals surface area contributed by atoms with Gasteiger partial charge >= 0.3 is 5.97 Å². The molecule has 15 heavy (non-hydrogen) atoms. The minimum atomic E-state index is -1.01. The topological polar surface area (TPSA) is 83.6 Å². The van der Waals surface area contributed by atoms with Crippen LogP contribution in [0.5, 0.6) is 0 Å². The third kappa shape index (κ3) is 5.37. The maximum atomic E-state index is 11.7. The third-order valence-corrected chi connectivity index (χ3v) is 2.21. The monoisotopic (exact) mass is 216 g/mol. The molecule has 0 fully saturated rings. The quantitative estimate of drug-likeness (QED) is 0.646. The molecule has 0 aromatic carbocycles. The number of rotatable bonds is 7. The normalized spacial score (nSPS) is 12.2. The summed E-state index contributed by atoms with van der Waals surface area (Å²) in [6.45, 7) is 3.87. The number of aliphatic carboxylic acids is 1. The van der Waals surface area contributed by atoms with Gasteiger partial charge in [0, 0.05) is 6.54 Å². The van der Waals surface area contributed by atoms with E-state index in [4.69, 9.17) is 10.8 Å². The Labute approximate surface area is 90.2 Å². The second-order valence-corrected chi connectivity index (χ2v) is 3.49. The van der Waals surface area contributed by atoms with E-state index >= 15 is 0 Å². The lowest BCUT2D eigenvalue weighted by molar-refractivity contribution is -0.144. The van der Waals surface area contributed by atoms with Gasteiger partial charge in [-0.25, -0.2) is 0 Å². The second kappa shape index (κ2) is 7.23. The summed E-state index contributed by atoms with van der Waals surface area (Å²) < 4.78 is 0. The molecule has 0 heterocycles. The zero-order chi connectivity index (χ0) is 11.8. The second-order valence-electron chi connectivity index (χ2n) is 3.49. The number of nitrogens with zero attached hydrogens (tertiary/aromatic N) is 1. The first kappa shape index (κ1) is 13.9. The highest BCUT2D eigenvalue weighted by Gasteiger charge is 2.20. The van der Waals surface area contributed by atoms with Crippen molar-refractivity contribution in [2.75, 3.05) is 13.1 Å². The predicted molar refractivity (Wildman–Crippen MR) is 57.4 cm³/mol. The van der Waals surface area contributed by atoms with Crippen molar-refractivity contribution >= 4 is 11.9 Å². The smallest absolute Gasteiger partial charge is 0.323 e. The SMILES string of the molecule is CCCCC(N)C(=O)N(CC)CC(=O)O. The number of likely N-dealkylation sites (N-methyl/N-ethyl adjacent to an activating group) is 1. The molecular weight excluding hydrogens is 196 g/mol. The standard InChI is InChI=1S/C10H20N2O3/c1-3-5-6-8(11)10(15)12(4-2)7-9(13)14/h8H,3-7,11H2,1-2H3,(H,13,14). The number of hydrogen-bond donors (Lipinski definition) is 2. The van der Waals surface area contributed by atoms with Gasteiger partial charge in [0.1, 0.15) is 6.54 Å². The molecule has 5 heteroatoms. The molecule has 0 aromatic heterocycles. The summed E-state index contributed by atoms with van der Waals surface area (Å²) in [4.78, 5) is 23.4. The summed E-state index contributed by atoms with van der Waals surface area (Å²) in [6.07, 6.45) is 2.48. The molecule has 1 unspecified atom stereocenters. The van der Waals surface area contributed by atoms with E-state index in [1.54, 1.807) is 6.92 Å². The maximum absolute atomic E-state index is 11.7. The molecule has 0 aliphatic heterocycles. The van der Waals surface area contributed by atoms with Crippen LogP contribution >= 0.6 is 0 Å². The fourth-order valence-corrected chi connectivity index (χ4v) is 1.29. The first-order valence-corrected chi connectivity index (χ1v) is 5.29. The van der Waals surface area contributed by atoms with E-state index < -0.39 is 12.0 Å². The summed E-state index contributed by atoms with van der Waals surface area (Å²) >= 11 is 0. The van der Waals surface area contributed by atoms with Crippen LogP contribution < -0.4 is 5.73 Å². The Hall–Kier alpha value is -1.10. The minimum Gasteiger partial charge on any atom is -0.480 e. The Balaban J connectivity index is 4.17. The average Bonchev–Trinajstić information content (AvgIpc) is 2.21. The number of carbonyl (C=O) groups is 2. The van der Waals surface area contributed by atoms with Crippen molar-refractivity contribution in [2.24, 2.45) is 5.73 Å². The Morgan fingerprint density at radius 2 is 2.00 bits per heavy atom. The van der Waals surface area contributed by atoms with Gasteiger partial charge in [0.25, 0.3) is 0 Å². The number of carbonyl (C=O) groups excluding carboxylic acids is 1. The molecule has 1 amide bonds. The number of carboxylic acid groups (broad SMARTS) is 1. The van der Waals surface area contributed by atoms with Gasteiger partial charge in [-0.1, -0.05) is 19.8 Å². The van der Waals surface area contributed by atoms with Crippen LogP contribution in [0.4, 0.5) is 0 Å². The van der Waals surface area contributed by atoms with Gasteiger partial charge in [-0.15, -0.1) is 0 Å². The van der Waals surface area contributed by atoms with Crippen molar-refractivity contribution in [2.45, 2.75) is 39.2 Å². The van der Waals surface area contributed by atoms with Crippen LogP contribution in [0.3, 0.4) is 0 Å². The zero-order valence-corrected chi connectivity index (χ0v) is 9.40. The molecule has 88 valence electrons. The van der Waals surface area contributed by atoms with Crippen LogP contribution in [0.25, 0.3) is 0 Å². The molecule has 0 aliphatic rings. The number of nitrogens with two attached hydrogens (primary N) is 1. The molecular formula is C10H20N2O3. The molecule has 3 N–H and O–H groups in total. The Morgan fingerprint density at radius 3 is 2.40 bits per heavy atom. The summed E-state index contributed by atoms with van der Waals surface area (Å²) in [5.41, 5.74) is 5.67. The zero-order valence-electron chi connectivity index (χ0n) is 9.40. The van der Waals surface area contributed by atoms with Crippen molar-refractivity contribution < 1.29 is 14.7 Å². The van der Waals surface area contributed by atoms with E-state index in [-0.39, 0.29) is 12.5 Å². The number of carboxylic acids is 1. The highest BCUT2D eigenvalue weighted by Crippen LogP contribution is 2.02. The first-order valence-electron chi connectivity index (χ1n) is 5.29. The molecule has 0 aliphatic carbocycles. The third-order valence-electron chi connectivity index (χ3n) is 2.21. The highest BCUT2D eigenvalue weighted by atomic mass is 16.4. The average molecular weight is 216 g/mol. The minimum absolute atomic E-state index is 0.269. The summed E-state index contributed by atoms with van der Waals surface area (Å²) in [7, 11) is 0. The highest BCUT2D eigenvalue weighted by molar-refractivity contribution is 5.85. The van der Waals surface area contributed by atoms with Crippen LogP contribution in [0.2, 0.25) is 0 Å². The fraction of sp³-hybridized carbons (Fsp3) is 0.800. The first-order chi connectivity index (χ1) is 7.02. The molecule has 0 bridgehead atoms. The number of amides is 1. The molecule has 0 saturated carbocycles. The summed E-state index contributed by atoms with van der Waals surface area (Å²) in [6, 6.07) is -0.566. The molecule has 1 atom stereocenters. The Morgan fingerprint density at radius 1 is 1.40 bits per heavy atom. The van der Waals surface area contributed by atoms with Crippen LogP contribution in [0, 0.1) is 0 Å². The van der Waals surface area contributed by atoms with Gasteiger partial charge in [0.15, 0.2) is 0 Å². The number of unbranched alkanes of at least 4 members (excludes halogenated alkanes) is 1. The van der Waals surface area contributed by atoms with Crippen LogP contribution in [-0.4, -0.2) is 41.0 Å². The van der Waals surface area contributed by atoms with E-state index in [2.05, 4.69) is 0 Å². The van der Waals surface area contributed by atoms with Gasteiger partial charge < -0.3 is 15.7 Å². The largest absolute Gasteiger partial charge is 0.480 e. The van der Waals surface area contributed by atoms with E-state index in [0.717, 1.165) is 12.8 Å².